The molecular formula is C18H29N5O2. The molecule has 0 spiro atoms. The van der Waals surface area contributed by atoms with Gasteiger partial charge in [-0.25, -0.2) is 14.8 Å². The highest BCUT2D eigenvalue weighted by molar-refractivity contribution is 5.74. The van der Waals surface area contributed by atoms with Gasteiger partial charge in [-0.2, -0.15) is 0 Å². The van der Waals surface area contributed by atoms with Crippen molar-refractivity contribution in [3.05, 3.63) is 17.5 Å². The zero-order valence-electron chi connectivity index (χ0n) is 15.5. The van der Waals surface area contributed by atoms with E-state index >= 15 is 0 Å². The number of nitrogens with one attached hydrogen (secondary N) is 2. The van der Waals surface area contributed by atoms with Crippen LogP contribution < -0.4 is 15.5 Å². The molecule has 138 valence electrons. The molecule has 3 rings (SSSR count). The van der Waals surface area contributed by atoms with Gasteiger partial charge in [-0.1, -0.05) is 20.8 Å². The van der Waals surface area contributed by atoms with Crippen LogP contribution in [0.5, 0.6) is 0 Å². The molecule has 25 heavy (non-hydrogen) atoms. The van der Waals surface area contributed by atoms with Gasteiger partial charge in [0.1, 0.15) is 0 Å². The van der Waals surface area contributed by atoms with Gasteiger partial charge in [0, 0.05) is 31.4 Å². The first-order valence-electron chi connectivity index (χ1n) is 9.21. The highest BCUT2D eigenvalue weighted by atomic mass is 16.5. The van der Waals surface area contributed by atoms with Crippen molar-refractivity contribution >= 4 is 12.0 Å². The third-order valence-electron chi connectivity index (χ3n) is 4.80. The molecule has 0 unspecified atom stereocenters. The Bertz CT molecular complexity index is 613. The third kappa shape index (κ3) is 4.39. The predicted molar refractivity (Wildman–Crippen MR) is 96.7 cm³/mol. The smallest absolute Gasteiger partial charge is 0.315 e. The van der Waals surface area contributed by atoms with Crippen molar-refractivity contribution < 1.29 is 9.53 Å². The number of hydrogen-bond donors (Lipinski definition) is 2. The van der Waals surface area contributed by atoms with Crippen molar-refractivity contribution in [2.75, 3.05) is 37.7 Å². The molecule has 7 nitrogen and oxygen atoms in total. The maximum absolute atomic E-state index is 12.1. The molecule has 1 fully saturated rings. The predicted octanol–water partition coefficient (Wildman–Crippen LogP) is 2.04. The van der Waals surface area contributed by atoms with Gasteiger partial charge < -0.3 is 20.3 Å². The van der Waals surface area contributed by atoms with Crippen LogP contribution in [-0.2, 0) is 11.2 Å². The number of anilines is 1. The number of urea groups is 1. The average Bonchev–Trinajstić information content (AvgIpc) is 2.59. The molecule has 7 heteroatoms. The second-order valence-electron chi connectivity index (χ2n) is 7.67. The summed E-state index contributed by atoms with van der Waals surface area (Å²) in [4.78, 5) is 23.7. The van der Waals surface area contributed by atoms with Crippen LogP contribution in [-0.4, -0.2) is 48.8 Å². The zero-order chi connectivity index (χ0) is 17.9. The summed E-state index contributed by atoms with van der Waals surface area (Å²) < 4.78 is 5.41. The molecule has 1 saturated heterocycles. The molecule has 0 saturated carbocycles. The van der Waals surface area contributed by atoms with Gasteiger partial charge >= 0.3 is 6.03 Å². The second-order valence-corrected chi connectivity index (χ2v) is 7.67. The van der Waals surface area contributed by atoms with Crippen LogP contribution in [0.4, 0.5) is 10.7 Å². The molecule has 1 aromatic heterocycles. The minimum Gasteiger partial charge on any atom is -0.378 e. The maximum atomic E-state index is 12.1. The van der Waals surface area contributed by atoms with Crippen molar-refractivity contribution in [1.82, 2.24) is 20.6 Å². The Kier molecular flexibility index (Phi) is 5.42. The van der Waals surface area contributed by atoms with Gasteiger partial charge in [-0.3, -0.25) is 0 Å². The standard InChI is InChI=1S/C18H29N5O2/c1-4-5-19-17(24)22-15-11-18(2,3)10-14-13(15)12-20-16(21-14)23-6-8-25-9-7-23/h12,15H,4-11H2,1-3H3,(H2,19,22,24)/t15-/m0/s1. The van der Waals surface area contributed by atoms with Gasteiger partial charge in [-0.15, -0.1) is 0 Å². The van der Waals surface area contributed by atoms with Crippen LogP contribution in [0.2, 0.25) is 0 Å². The third-order valence-corrected chi connectivity index (χ3v) is 4.80. The van der Waals surface area contributed by atoms with Crippen molar-refractivity contribution in [1.29, 1.82) is 0 Å². The minimum absolute atomic E-state index is 0.0469. The number of morpholine rings is 1. The highest BCUT2D eigenvalue weighted by Crippen LogP contribution is 2.40. The SMILES string of the molecule is CCCNC(=O)N[C@H]1CC(C)(C)Cc2nc(N3CCOCC3)ncc21. The Morgan fingerprint density at radius 3 is 2.88 bits per heavy atom. The van der Waals surface area contributed by atoms with E-state index in [9.17, 15) is 4.79 Å². The number of hydrogen-bond acceptors (Lipinski definition) is 5. The molecule has 1 aliphatic carbocycles. The number of nitrogens with zero attached hydrogens (tertiary/aromatic N) is 3. The normalized spacial score (nSPS) is 22.2. The fourth-order valence-corrected chi connectivity index (χ4v) is 3.53. The van der Waals surface area contributed by atoms with E-state index in [0.29, 0.717) is 19.8 Å². The summed E-state index contributed by atoms with van der Waals surface area (Å²) >= 11 is 0. The fourth-order valence-electron chi connectivity index (χ4n) is 3.53. The Morgan fingerprint density at radius 1 is 1.40 bits per heavy atom. The topological polar surface area (TPSA) is 79.4 Å². The summed E-state index contributed by atoms with van der Waals surface area (Å²) in [5.74, 6) is 0.772. The molecule has 0 bridgehead atoms. The quantitative estimate of drug-likeness (QED) is 0.871. The first-order valence-corrected chi connectivity index (χ1v) is 9.21. The first kappa shape index (κ1) is 17.9. The van der Waals surface area contributed by atoms with Crippen LogP contribution >= 0.6 is 0 Å². The lowest BCUT2D eigenvalue weighted by Crippen LogP contribution is -2.43. The van der Waals surface area contributed by atoms with Gasteiger partial charge in [0.05, 0.1) is 24.9 Å². The summed E-state index contributed by atoms with van der Waals surface area (Å²) in [6, 6.07) is -0.165. The Labute approximate surface area is 149 Å². The second kappa shape index (κ2) is 7.56. The number of aromatic nitrogens is 2. The Hall–Kier alpha value is -1.89. The Balaban J connectivity index is 1.80. The van der Waals surface area contributed by atoms with E-state index in [1.54, 1.807) is 0 Å². The van der Waals surface area contributed by atoms with Crippen LogP contribution in [0.15, 0.2) is 6.20 Å². The number of carbonyl (C=O) groups is 1. The van der Waals surface area contributed by atoms with Crippen molar-refractivity contribution in [2.45, 2.75) is 46.1 Å². The van der Waals surface area contributed by atoms with Crippen LogP contribution in [0.3, 0.4) is 0 Å². The van der Waals surface area contributed by atoms with Crippen molar-refractivity contribution in [3.63, 3.8) is 0 Å². The van der Waals surface area contributed by atoms with E-state index in [1.165, 1.54) is 0 Å². The van der Waals surface area contributed by atoms with E-state index in [0.717, 1.165) is 49.6 Å². The molecule has 1 aromatic rings. The molecule has 1 aliphatic heterocycles. The molecule has 1 atom stereocenters. The van der Waals surface area contributed by atoms with E-state index in [4.69, 9.17) is 9.72 Å². The van der Waals surface area contributed by atoms with E-state index in [1.807, 2.05) is 13.1 Å². The fraction of sp³-hybridized carbons (Fsp3) is 0.722. The number of ether oxygens (including phenoxy) is 1. The number of rotatable bonds is 4. The summed E-state index contributed by atoms with van der Waals surface area (Å²) in [6.45, 7) is 10.3. The van der Waals surface area contributed by atoms with Crippen molar-refractivity contribution in [2.24, 2.45) is 5.41 Å². The number of carbonyl (C=O) groups excluding carboxylic acids is 1. The summed E-state index contributed by atoms with van der Waals surface area (Å²) in [5, 5.41) is 5.99. The van der Waals surface area contributed by atoms with Gasteiger partial charge in [0.25, 0.3) is 0 Å². The Morgan fingerprint density at radius 2 is 2.16 bits per heavy atom. The van der Waals surface area contributed by atoms with Gasteiger partial charge in [-0.05, 0) is 24.7 Å². The lowest BCUT2D eigenvalue weighted by molar-refractivity contribution is 0.122. The van der Waals surface area contributed by atoms with E-state index in [-0.39, 0.29) is 17.5 Å². The monoisotopic (exact) mass is 347 g/mol. The molecular weight excluding hydrogens is 318 g/mol. The largest absolute Gasteiger partial charge is 0.378 e. The summed E-state index contributed by atoms with van der Waals surface area (Å²) in [5.41, 5.74) is 2.18. The first-order chi connectivity index (χ1) is 12.0. The summed E-state index contributed by atoms with van der Waals surface area (Å²) in [7, 11) is 0. The minimum atomic E-state index is -0.118. The molecule has 0 aromatic carbocycles. The van der Waals surface area contributed by atoms with Crippen LogP contribution in [0, 0.1) is 5.41 Å². The average molecular weight is 347 g/mol. The number of amides is 2. The zero-order valence-corrected chi connectivity index (χ0v) is 15.5. The lowest BCUT2D eigenvalue weighted by atomic mass is 9.74. The van der Waals surface area contributed by atoms with Crippen LogP contribution in [0.1, 0.15) is 50.9 Å². The van der Waals surface area contributed by atoms with Gasteiger partial charge in [0.2, 0.25) is 5.95 Å². The van der Waals surface area contributed by atoms with Crippen molar-refractivity contribution in [3.8, 4) is 0 Å². The van der Waals surface area contributed by atoms with Crippen LogP contribution in [0.25, 0.3) is 0 Å². The lowest BCUT2D eigenvalue weighted by Gasteiger charge is -2.37. The molecule has 2 heterocycles. The highest BCUT2D eigenvalue weighted by Gasteiger charge is 2.35. The molecule has 2 aliphatic rings. The maximum Gasteiger partial charge on any atom is 0.315 e. The molecule has 0 radical (unpaired) electrons. The summed E-state index contributed by atoms with van der Waals surface area (Å²) in [6.07, 6.45) is 4.61. The van der Waals surface area contributed by atoms with E-state index < -0.39 is 0 Å². The number of fused-ring (bicyclic) bond motifs is 1. The van der Waals surface area contributed by atoms with Gasteiger partial charge in [0.15, 0.2) is 0 Å². The molecule has 2 N–H and O–H groups in total. The molecule has 2 amide bonds. The van der Waals surface area contributed by atoms with E-state index in [2.05, 4.69) is 34.4 Å².